The van der Waals surface area contributed by atoms with Crippen molar-refractivity contribution in [3.05, 3.63) is 0 Å². The van der Waals surface area contributed by atoms with Crippen LogP contribution in [-0.2, 0) is 17.1 Å². The third-order valence-electron chi connectivity index (χ3n) is 5.24. The first-order chi connectivity index (χ1) is 16.5. The van der Waals surface area contributed by atoms with Gasteiger partial charge in [-0.05, 0) is 63.3 Å². The molecular weight excluding hydrogens is 592 g/mol. The van der Waals surface area contributed by atoms with Gasteiger partial charge in [0.05, 0.1) is 13.2 Å². The third-order valence-corrected chi connectivity index (χ3v) is 21.2. The zero-order valence-electron chi connectivity index (χ0n) is 21.8. The van der Waals surface area contributed by atoms with Crippen LogP contribution >= 0.6 is 0 Å². The Kier molecular flexibility index (Phi) is 15.2. The molecule has 0 aromatic carbocycles. The van der Waals surface area contributed by atoms with Crippen LogP contribution in [0.15, 0.2) is 0 Å². The molecule has 18 heteroatoms. The summed E-state index contributed by atoms with van der Waals surface area (Å²) in [6, 6.07) is -1.18. The highest BCUT2D eigenvalue weighted by Gasteiger charge is 2.49. The van der Waals surface area contributed by atoms with Gasteiger partial charge >= 0.3 is 35.7 Å². The van der Waals surface area contributed by atoms with E-state index in [1.54, 1.807) is 13.1 Å². The van der Waals surface area contributed by atoms with Crippen molar-refractivity contribution in [3.8, 4) is 0 Å². The molecule has 0 aliphatic carbocycles. The van der Waals surface area contributed by atoms with Crippen molar-refractivity contribution in [1.82, 2.24) is 0 Å². The fourth-order valence-corrected chi connectivity index (χ4v) is 22.4. The van der Waals surface area contributed by atoms with Crippen molar-refractivity contribution in [1.29, 1.82) is 0 Å². The molecule has 0 aromatic rings. The highest BCUT2D eigenvalue weighted by Crippen LogP contribution is 2.36. The Balaban J connectivity index is 5.81. The highest BCUT2D eigenvalue weighted by molar-refractivity contribution is 6.88. The maximum atomic E-state index is 13.1. The molecule has 37 heavy (non-hydrogen) atoms. The molecule has 0 heterocycles. The molecule has 0 fully saturated rings. The van der Waals surface area contributed by atoms with E-state index in [1.165, 1.54) is 19.6 Å². The lowest BCUT2D eigenvalue weighted by atomic mass is 10.5. The van der Waals surface area contributed by atoms with Gasteiger partial charge in [0.15, 0.2) is 17.4 Å². The molecule has 3 atom stereocenters. The van der Waals surface area contributed by atoms with Gasteiger partial charge in [0, 0.05) is 25.9 Å². The molecule has 0 bridgehead atoms. The van der Waals surface area contributed by atoms with Gasteiger partial charge in [-0.2, -0.15) is 39.5 Å². The average Bonchev–Trinajstić information content (AvgIpc) is 2.67. The predicted molar refractivity (Wildman–Crippen MR) is 131 cm³/mol. The number of ether oxygens (including phenoxy) is 1. The Morgan fingerprint density at radius 2 is 1.16 bits per heavy atom. The van der Waals surface area contributed by atoms with Gasteiger partial charge in [-0.1, -0.05) is 0 Å². The second-order valence-corrected chi connectivity index (χ2v) is 24.3. The van der Waals surface area contributed by atoms with Crippen molar-refractivity contribution >= 4 is 34.5 Å². The van der Waals surface area contributed by atoms with Crippen LogP contribution in [0.2, 0.25) is 56.9 Å². The van der Waals surface area contributed by atoms with Gasteiger partial charge in [-0.15, -0.1) is 0 Å². The van der Waals surface area contributed by atoms with E-state index >= 15 is 0 Å². The minimum atomic E-state index is -4.61. The molecule has 0 aliphatic rings. The molecule has 1 N–H and O–H groups in total. The summed E-state index contributed by atoms with van der Waals surface area (Å²) in [5.41, 5.74) is 0. The normalized spacial score (nSPS) is 17.9. The molecule has 0 saturated carbocycles. The summed E-state index contributed by atoms with van der Waals surface area (Å²) in [5.74, 6) is 0. The molecule has 0 spiro atoms. The summed E-state index contributed by atoms with van der Waals surface area (Å²) in [6.07, 6.45) is -16.9. The lowest BCUT2D eigenvalue weighted by molar-refractivity contribution is -0.132. The highest BCUT2D eigenvalue weighted by atomic mass is 28.5. The number of hydrogen-bond acceptors (Lipinski definition) is 5. The van der Waals surface area contributed by atoms with Gasteiger partial charge in [0.1, 0.15) is 0 Å². The van der Waals surface area contributed by atoms with Crippen LogP contribution in [0.3, 0.4) is 0 Å². The second-order valence-electron chi connectivity index (χ2n) is 9.98. The van der Waals surface area contributed by atoms with Crippen LogP contribution < -0.4 is 0 Å². The molecule has 0 aliphatic heterocycles. The summed E-state index contributed by atoms with van der Waals surface area (Å²) < 4.78 is 140. The largest absolute Gasteiger partial charge is 0.439 e. The molecule has 0 amide bonds. The Bertz CT molecular complexity index is 653. The quantitative estimate of drug-likeness (QED) is 0.101. The maximum absolute atomic E-state index is 13.1. The zero-order valence-corrected chi connectivity index (χ0v) is 26.0. The molecular formula is C19H39F9O5Si4. The summed E-state index contributed by atoms with van der Waals surface area (Å²) in [5, 5.41) is 8.77. The van der Waals surface area contributed by atoms with Crippen LogP contribution in [0.4, 0.5) is 39.5 Å². The molecule has 3 unspecified atom stereocenters. The predicted octanol–water partition coefficient (Wildman–Crippen LogP) is 7.00. The van der Waals surface area contributed by atoms with Crippen LogP contribution in [0.25, 0.3) is 0 Å². The summed E-state index contributed by atoms with van der Waals surface area (Å²) in [6.45, 7) is 7.78. The van der Waals surface area contributed by atoms with E-state index < -0.39 is 90.4 Å². The Labute approximate surface area is 217 Å². The van der Waals surface area contributed by atoms with Crippen LogP contribution in [-0.4, -0.2) is 77.9 Å². The fourth-order valence-electron chi connectivity index (χ4n) is 3.70. The third kappa shape index (κ3) is 20.6. The van der Waals surface area contributed by atoms with Gasteiger partial charge < -0.3 is 22.2 Å². The number of rotatable bonds is 18. The van der Waals surface area contributed by atoms with Gasteiger partial charge in [0.25, 0.3) is 0 Å². The molecule has 0 rings (SSSR count). The lowest BCUT2D eigenvalue weighted by Gasteiger charge is -2.42. The van der Waals surface area contributed by atoms with E-state index in [9.17, 15) is 39.5 Å². The molecule has 0 aromatic heterocycles. The Morgan fingerprint density at radius 3 is 1.62 bits per heavy atom. The molecule has 0 saturated heterocycles. The number of halogens is 9. The van der Waals surface area contributed by atoms with Crippen LogP contribution in [0, 0.1) is 0 Å². The van der Waals surface area contributed by atoms with Crippen molar-refractivity contribution < 1.29 is 61.7 Å². The minimum Gasteiger partial charge on any atom is -0.439 e. The molecule has 0 radical (unpaired) electrons. The summed E-state index contributed by atoms with van der Waals surface area (Å²) in [7, 11) is -13.1. The molecule has 224 valence electrons. The summed E-state index contributed by atoms with van der Waals surface area (Å²) >= 11 is 0. The Morgan fingerprint density at radius 1 is 0.676 bits per heavy atom. The number of alkyl halides is 9. The zero-order chi connectivity index (χ0) is 29.2. The van der Waals surface area contributed by atoms with E-state index in [2.05, 4.69) is 0 Å². The van der Waals surface area contributed by atoms with E-state index in [-0.39, 0.29) is 19.8 Å². The number of aliphatic hydroxyl groups excluding tert-OH is 1. The maximum Gasteiger partial charge on any atom is 0.389 e. The topological polar surface area (TPSA) is 57.2 Å². The molecule has 5 nitrogen and oxygen atoms in total. The Hall–Kier alpha value is 0.0375. The van der Waals surface area contributed by atoms with Crippen molar-refractivity contribution in [2.75, 3.05) is 19.8 Å². The SMILES string of the molecule is C[SiH](CCC(F)(F)F)O[Si](C)(CCC(F)(F)F)O[Si](C)(CCC(F)(F)F)O[Si](C)(C)CCCOCCO. The first kappa shape index (κ1) is 37.0. The van der Waals surface area contributed by atoms with Gasteiger partial charge in [0.2, 0.25) is 0 Å². The summed E-state index contributed by atoms with van der Waals surface area (Å²) in [4.78, 5) is 0. The van der Waals surface area contributed by atoms with Crippen molar-refractivity contribution in [2.45, 2.75) is 101 Å². The first-order valence-electron chi connectivity index (χ1n) is 12.0. The first-order valence-corrected chi connectivity index (χ1v) is 22.6. The van der Waals surface area contributed by atoms with E-state index in [1.807, 2.05) is 0 Å². The van der Waals surface area contributed by atoms with Crippen molar-refractivity contribution in [3.63, 3.8) is 0 Å². The van der Waals surface area contributed by atoms with Gasteiger partial charge in [-0.3, -0.25) is 0 Å². The minimum absolute atomic E-state index is 0.126. The van der Waals surface area contributed by atoms with E-state index in [0.29, 0.717) is 12.5 Å². The van der Waals surface area contributed by atoms with Crippen molar-refractivity contribution in [2.24, 2.45) is 0 Å². The van der Waals surface area contributed by atoms with E-state index in [0.717, 1.165) is 0 Å². The average molecular weight is 631 g/mol. The fraction of sp³-hybridized carbons (Fsp3) is 1.00. The monoisotopic (exact) mass is 630 g/mol. The lowest BCUT2D eigenvalue weighted by Crippen LogP contribution is -2.57. The van der Waals surface area contributed by atoms with Gasteiger partial charge in [-0.25, -0.2) is 0 Å². The van der Waals surface area contributed by atoms with E-state index in [4.69, 9.17) is 22.2 Å². The van der Waals surface area contributed by atoms with Crippen LogP contribution in [0.5, 0.6) is 0 Å². The second kappa shape index (κ2) is 15.2. The smallest absolute Gasteiger partial charge is 0.389 e. The number of hydrogen-bond donors (Lipinski definition) is 1. The standard InChI is InChI=1S/C19H39F9O5Si4/c1-34(13-7-17(20,21)22)31-36(4,15-8-18(23,24)25)33-37(5,16-9-19(26,27)28)32-35(2,3)14-6-11-30-12-10-29/h29,34H,6-16H2,1-5H3. The number of aliphatic hydroxyl groups is 1. The van der Waals surface area contributed by atoms with Crippen LogP contribution in [0.1, 0.15) is 25.7 Å².